The van der Waals surface area contributed by atoms with E-state index in [-0.39, 0.29) is 22.9 Å². The summed E-state index contributed by atoms with van der Waals surface area (Å²) in [4.78, 5) is 26.4. The van der Waals surface area contributed by atoms with Gasteiger partial charge in [-0.15, -0.1) is 10.2 Å². The Hall–Kier alpha value is -2.23. The summed E-state index contributed by atoms with van der Waals surface area (Å²) in [5, 5.41) is 15.4. The molecule has 1 aromatic carbocycles. The zero-order valence-electron chi connectivity index (χ0n) is 15.5. The van der Waals surface area contributed by atoms with Crippen molar-refractivity contribution in [2.45, 2.75) is 18.8 Å². The lowest BCUT2D eigenvalue weighted by Gasteiger charge is -2.31. The number of hydrogen-bond donors (Lipinski definition) is 2. The van der Waals surface area contributed by atoms with Gasteiger partial charge in [0.1, 0.15) is 5.01 Å². The van der Waals surface area contributed by atoms with Gasteiger partial charge in [0.2, 0.25) is 5.01 Å². The van der Waals surface area contributed by atoms with Crippen LogP contribution in [-0.2, 0) is 4.74 Å². The van der Waals surface area contributed by atoms with E-state index in [1.165, 1.54) is 11.3 Å². The Bertz CT molecular complexity index is 831. The standard InChI is InChI=1S/C18H22ClN5O3S/c1-27-9-7-20-18(26)24-8-3-4-12(11-24)16-22-23-17(28-16)15(25)21-14-6-2-5-13(19)10-14/h2,5-6,10,12H,3-4,7-9,11H2,1H3,(H,20,26)(H,21,25). The average Bonchev–Trinajstić information content (AvgIpc) is 3.19. The number of amides is 3. The molecule has 2 aromatic rings. The van der Waals surface area contributed by atoms with E-state index < -0.39 is 0 Å². The molecule has 0 aliphatic carbocycles. The second-order valence-electron chi connectivity index (χ2n) is 6.42. The highest BCUT2D eigenvalue weighted by Crippen LogP contribution is 2.29. The maximum atomic E-state index is 12.4. The fourth-order valence-corrected chi connectivity index (χ4v) is 4.03. The van der Waals surface area contributed by atoms with Crippen LogP contribution in [0.15, 0.2) is 24.3 Å². The van der Waals surface area contributed by atoms with Gasteiger partial charge in [-0.1, -0.05) is 29.0 Å². The van der Waals surface area contributed by atoms with Crippen molar-refractivity contribution < 1.29 is 14.3 Å². The topological polar surface area (TPSA) is 96.4 Å². The first-order valence-electron chi connectivity index (χ1n) is 8.99. The number of aromatic nitrogens is 2. The lowest BCUT2D eigenvalue weighted by Crippen LogP contribution is -2.45. The number of piperidine rings is 1. The number of rotatable bonds is 6. The second kappa shape index (κ2) is 9.81. The molecule has 0 radical (unpaired) electrons. The van der Waals surface area contributed by atoms with Crippen molar-refractivity contribution in [3.05, 3.63) is 39.3 Å². The number of hydrogen-bond acceptors (Lipinski definition) is 6. The highest BCUT2D eigenvalue weighted by molar-refractivity contribution is 7.13. The molecule has 2 N–H and O–H groups in total. The Labute approximate surface area is 172 Å². The largest absolute Gasteiger partial charge is 0.383 e. The predicted octanol–water partition coefficient (Wildman–Crippen LogP) is 2.98. The van der Waals surface area contributed by atoms with Crippen molar-refractivity contribution in [3.63, 3.8) is 0 Å². The maximum Gasteiger partial charge on any atom is 0.317 e. The third-order valence-electron chi connectivity index (χ3n) is 4.36. The maximum absolute atomic E-state index is 12.4. The van der Waals surface area contributed by atoms with Gasteiger partial charge in [0.15, 0.2) is 0 Å². The molecule has 0 spiro atoms. The minimum Gasteiger partial charge on any atom is -0.383 e. The first-order chi connectivity index (χ1) is 13.6. The molecule has 8 nitrogen and oxygen atoms in total. The molecule has 10 heteroatoms. The highest BCUT2D eigenvalue weighted by Gasteiger charge is 2.28. The number of carbonyl (C=O) groups is 2. The number of ether oxygens (including phenoxy) is 1. The number of urea groups is 1. The number of benzene rings is 1. The molecule has 150 valence electrons. The van der Waals surface area contributed by atoms with Crippen LogP contribution in [0.1, 0.15) is 33.6 Å². The van der Waals surface area contributed by atoms with Crippen molar-refractivity contribution in [1.29, 1.82) is 0 Å². The molecule has 1 atom stereocenters. The van der Waals surface area contributed by atoms with E-state index in [0.29, 0.717) is 37.0 Å². The van der Waals surface area contributed by atoms with E-state index >= 15 is 0 Å². The van der Waals surface area contributed by atoms with Gasteiger partial charge in [0.05, 0.1) is 6.61 Å². The van der Waals surface area contributed by atoms with Crippen LogP contribution in [0.2, 0.25) is 5.02 Å². The summed E-state index contributed by atoms with van der Waals surface area (Å²) in [5.41, 5.74) is 0.603. The molecule has 0 bridgehead atoms. The van der Waals surface area contributed by atoms with Gasteiger partial charge in [0.25, 0.3) is 5.91 Å². The molecule has 1 fully saturated rings. The van der Waals surface area contributed by atoms with E-state index in [2.05, 4.69) is 20.8 Å². The van der Waals surface area contributed by atoms with Crippen LogP contribution in [0, 0.1) is 0 Å². The summed E-state index contributed by atoms with van der Waals surface area (Å²) in [5.74, 6) is -0.247. The lowest BCUT2D eigenvalue weighted by atomic mass is 9.99. The molecule has 3 rings (SSSR count). The van der Waals surface area contributed by atoms with E-state index in [4.69, 9.17) is 16.3 Å². The smallest absolute Gasteiger partial charge is 0.317 e. The first-order valence-corrected chi connectivity index (χ1v) is 10.2. The van der Waals surface area contributed by atoms with Crippen molar-refractivity contribution >= 4 is 40.6 Å². The minimum atomic E-state index is -0.323. The summed E-state index contributed by atoms with van der Waals surface area (Å²) in [6, 6.07) is 6.82. The van der Waals surface area contributed by atoms with Gasteiger partial charge in [-0.05, 0) is 31.0 Å². The summed E-state index contributed by atoms with van der Waals surface area (Å²) in [7, 11) is 1.60. The number of likely N-dealkylation sites (tertiary alicyclic amines) is 1. The molecule has 0 saturated carbocycles. The Balaban J connectivity index is 1.59. The molecule has 1 aliphatic heterocycles. The number of nitrogens with zero attached hydrogens (tertiary/aromatic N) is 3. The quantitative estimate of drug-likeness (QED) is 0.696. The van der Waals surface area contributed by atoms with Gasteiger partial charge in [-0.2, -0.15) is 0 Å². The van der Waals surface area contributed by atoms with E-state index in [1.54, 1.807) is 36.3 Å². The zero-order chi connectivity index (χ0) is 19.9. The summed E-state index contributed by atoms with van der Waals surface area (Å²) >= 11 is 7.20. The molecule has 1 unspecified atom stereocenters. The molecule has 28 heavy (non-hydrogen) atoms. The van der Waals surface area contributed by atoms with Gasteiger partial charge in [0, 0.05) is 43.4 Å². The molecule has 3 amide bonds. The molecule has 1 aromatic heterocycles. The first kappa shape index (κ1) is 20.5. The minimum absolute atomic E-state index is 0.0761. The number of halogens is 1. The van der Waals surface area contributed by atoms with Crippen LogP contribution >= 0.6 is 22.9 Å². The number of methoxy groups -OCH3 is 1. The van der Waals surface area contributed by atoms with E-state index in [1.807, 2.05) is 0 Å². The Morgan fingerprint density at radius 2 is 2.25 bits per heavy atom. The van der Waals surface area contributed by atoms with Crippen LogP contribution in [0.25, 0.3) is 0 Å². The summed E-state index contributed by atoms with van der Waals surface area (Å²) in [6.45, 7) is 2.22. The normalized spacial score (nSPS) is 16.6. The van der Waals surface area contributed by atoms with Crippen molar-refractivity contribution in [2.24, 2.45) is 0 Å². The van der Waals surface area contributed by atoms with Gasteiger partial charge >= 0.3 is 6.03 Å². The Morgan fingerprint density at radius 3 is 3.04 bits per heavy atom. The molecular formula is C18H22ClN5O3S. The van der Waals surface area contributed by atoms with Gasteiger partial charge in [-0.25, -0.2) is 4.79 Å². The molecule has 2 heterocycles. The highest BCUT2D eigenvalue weighted by atomic mass is 35.5. The summed E-state index contributed by atoms with van der Waals surface area (Å²) < 4.78 is 4.95. The van der Waals surface area contributed by atoms with E-state index in [0.717, 1.165) is 17.8 Å². The number of carbonyl (C=O) groups excluding carboxylic acids is 2. The zero-order valence-corrected chi connectivity index (χ0v) is 17.1. The number of anilines is 1. The monoisotopic (exact) mass is 423 g/mol. The lowest BCUT2D eigenvalue weighted by molar-refractivity contribution is 0.102. The molecular weight excluding hydrogens is 402 g/mol. The van der Waals surface area contributed by atoms with Gasteiger partial charge in [-0.3, -0.25) is 4.79 Å². The van der Waals surface area contributed by atoms with Crippen LogP contribution in [-0.4, -0.2) is 60.4 Å². The molecule has 1 aliphatic rings. The SMILES string of the molecule is COCCNC(=O)N1CCCC(c2nnc(C(=O)Nc3cccc(Cl)c3)s2)C1. The van der Waals surface area contributed by atoms with Crippen LogP contribution in [0.4, 0.5) is 10.5 Å². The predicted molar refractivity (Wildman–Crippen MR) is 108 cm³/mol. The van der Waals surface area contributed by atoms with Crippen molar-refractivity contribution in [1.82, 2.24) is 20.4 Å². The van der Waals surface area contributed by atoms with Crippen LogP contribution in [0.3, 0.4) is 0 Å². The van der Waals surface area contributed by atoms with Crippen molar-refractivity contribution in [2.75, 3.05) is 38.7 Å². The Kier molecular flexibility index (Phi) is 7.18. The van der Waals surface area contributed by atoms with Crippen molar-refractivity contribution in [3.8, 4) is 0 Å². The van der Waals surface area contributed by atoms with Crippen LogP contribution < -0.4 is 10.6 Å². The third-order valence-corrected chi connectivity index (χ3v) is 5.68. The average molecular weight is 424 g/mol. The fraction of sp³-hybridized carbons (Fsp3) is 0.444. The Morgan fingerprint density at radius 1 is 1.39 bits per heavy atom. The van der Waals surface area contributed by atoms with Crippen LogP contribution in [0.5, 0.6) is 0 Å². The summed E-state index contributed by atoms with van der Waals surface area (Å²) in [6.07, 6.45) is 1.79. The molecule has 1 saturated heterocycles. The fourth-order valence-electron chi connectivity index (χ4n) is 2.98. The second-order valence-corrected chi connectivity index (χ2v) is 7.87. The number of nitrogens with one attached hydrogen (secondary N) is 2. The third kappa shape index (κ3) is 5.40. The van der Waals surface area contributed by atoms with Gasteiger partial charge < -0.3 is 20.3 Å². The van der Waals surface area contributed by atoms with E-state index in [9.17, 15) is 9.59 Å².